The van der Waals surface area contributed by atoms with Crippen LogP contribution in [0, 0.1) is 11.3 Å². The molecule has 0 aromatic carbocycles. The highest BCUT2D eigenvalue weighted by atomic mass is 16.4. The lowest BCUT2D eigenvalue weighted by molar-refractivity contribution is -0.152. The smallest absolute Gasteiger partial charge is 0.309 e. The Labute approximate surface area is 76.5 Å². The van der Waals surface area contributed by atoms with Crippen molar-refractivity contribution in [2.75, 3.05) is 6.54 Å². The molecule has 0 aromatic heterocycles. The second kappa shape index (κ2) is 2.25. The summed E-state index contributed by atoms with van der Waals surface area (Å²) in [6.07, 6.45) is 0.851. The number of hydrogen-bond donors (Lipinski definition) is 1. The Morgan fingerprint density at radius 2 is 2.15 bits per heavy atom. The van der Waals surface area contributed by atoms with E-state index in [-0.39, 0.29) is 23.3 Å². The summed E-state index contributed by atoms with van der Waals surface area (Å²) >= 11 is 0. The van der Waals surface area contributed by atoms with E-state index < -0.39 is 5.97 Å². The molecule has 4 nitrogen and oxygen atoms in total. The topological polar surface area (TPSA) is 57.6 Å². The number of hydrogen-bond acceptors (Lipinski definition) is 2. The van der Waals surface area contributed by atoms with Crippen LogP contribution in [0.25, 0.3) is 0 Å². The van der Waals surface area contributed by atoms with Crippen molar-refractivity contribution in [3.8, 4) is 0 Å². The van der Waals surface area contributed by atoms with Crippen molar-refractivity contribution in [1.82, 2.24) is 4.90 Å². The second-order valence-electron chi connectivity index (χ2n) is 4.39. The summed E-state index contributed by atoms with van der Waals surface area (Å²) in [6.45, 7) is 4.07. The maximum atomic E-state index is 11.1. The Morgan fingerprint density at radius 1 is 1.54 bits per heavy atom. The lowest BCUT2D eigenvalue weighted by Gasteiger charge is -2.40. The van der Waals surface area contributed by atoms with Gasteiger partial charge >= 0.3 is 5.97 Å². The fourth-order valence-electron chi connectivity index (χ4n) is 2.79. The van der Waals surface area contributed by atoms with Crippen LogP contribution in [-0.4, -0.2) is 34.5 Å². The van der Waals surface area contributed by atoms with Crippen molar-refractivity contribution in [1.29, 1.82) is 0 Å². The minimum atomic E-state index is -0.762. The monoisotopic (exact) mass is 183 g/mol. The number of carbonyl (C=O) groups is 2. The van der Waals surface area contributed by atoms with E-state index in [0.29, 0.717) is 6.54 Å². The van der Waals surface area contributed by atoms with Gasteiger partial charge in [0, 0.05) is 24.9 Å². The van der Waals surface area contributed by atoms with Gasteiger partial charge in [0.2, 0.25) is 5.91 Å². The summed E-state index contributed by atoms with van der Waals surface area (Å²) in [5.74, 6) is -1.10. The standard InChI is InChI=1S/C9H13NO3/c1-5(11)10-4-9(2)3-6(10)7(9)8(12)13/h6-7H,3-4H2,1-2H3,(H,12,13)/t6-,7+,9-/m1/s1. The Balaban J connectivity index is 2.22. The van der Waals surface area contributed by atoms with Crippen LogP contribution in [-0.2, 0) is 9.59 Å². The highest BCUT2D eigenvalue weighted by Crippen LogP contribution is 2.56. The van der Waals surface area contributed by atoms with Gasteiger partial charge in [0.1, 0.15) is 0 Å². The molecule has 72 valence electrons. The fourth-order valence-corrected chi connectivity index (χ4v) is 2.79. The lowest BCUT2D eigenvalue weighted by atomic mass is 9.62. The zero-order valence-electron chi connectivity index (χ0n) is 7.78. The zero-order chi connectivity index (χ0) is 9.80. The van der Waals surface area contributed by atoms with E-state index in [9.17, 15) is 9.59 Å². The highest BCUT2D eigenvalue weighted by molar-refractivity contribution is 5.80. The van der Waals surface area contributed by atoms with Crippen LogP contribution in [0.15, 0.2) is 0 Å². The molecule has 2 bridgehead atoms. The molecule has 3 fully saturated rings. The molecule has 4 heteroatoms. The number of nitrogens with zero attached hydrogens (tertiary/aromatic N) is 1. The normalized spacial score (nSPS) is 41.5. The van der Waals surface area contributed by atoms with Crippen LogP contribution < -0.4 is 0 Å². The first-order valence-electron chi connectivity index (χ1n) is 4.46. The summed E-state index contributed by atoms with van der Waals surface area (Å²) in [5.41, 5.74) is -0.165. The van der Waals surface area contributed by atoms with Crippen LogP contribution >= 0.6 is 0 Å². The van der Waals surface area contributed by atoms with Gasteiger partial charge in [0.15, 0.2) is 0 Å². The van der Waals surface area contributed by atoms with Gasteiger partial charge in [0.05, 0.1) is 5.92 Å². The van der Waals surface area contributed by atoms with E-state index in [0.717, 1.165) is 6.42 Å². The van der Waals surface area contributed by atoms with E-state index >= 15 is 0 Å². The van der Waals surface area contributed by atoms with Crippen molar-refractivity contribution in [3.63, 3.8) is 0 Å². The molecule has 1 N–H and O–H groups in total. The summed E-state index contributed by atoms with van der Waals surface area (Å²) in [6, 6.07) is -0.0417. The molecule has 0 radical (unpaired) electrons. The molecule has 3 atom stereocenters. The maximum Gasteiger partial charge on any atom is 0.309 e. The third-order valence-corrected chi connectivity index (χ3v) is 3.41. The Hall–Kier alpha value is -1.06. The molecule has 3 rings (SSSR count). The van der Waals surface area contributed by atoms with E-state index in [2.05, 4.69) is 0 Å². The van der Waals surface area contributed by atoms with Gasteiger partial charge in [0.25, 0.3) is 0 Å². The third-order valence-electron chi connectivity index (χ3n) is 3.41. The molecule has 0 spiro atoms. The lowest BCUT2D eigenvalue weighted by Crippen LogP contribution is -2.49. The van der Waals surface area contributed by atoms with E-state index in [1.165, 1.54) is 6.92 Å². The minimum Gasteiger partial charge on any atom is -0.481 e. The van der Waals surface area contributed by atoms with Crippen molar-refractivity contribution in [2.24, 2.45) is 11.3 Å². The molecule has 1 amide bonds. The molecule has 13 heavy (non-hydrogen) atoms. The summed E-state index contributed by atoms with van der Waals surface area (Å²) in [4.78, 5) is 23.7. The van der Waals surface area contributed by atoms with E-state index in [1.807, 2.05) is 6.92 Å². The largest absolute Gasteiger partial charge is 0.481 e. The average molecular weight is 183 g/mol. The van der Waals surface area contributed by atoms with Gasteiger partial charge in [-0.25, -0.2) is 0 Å². The van der Waals surface area contributed by atoms with E-state index in [4.69, 9.17) is 5.11 Å². The number of carboxylic acids is 1. The van der Waals surface area contributed by atoms with Crippen molar-refractivity contribution in [3.05, 3.63) is 0 Å². The Morgan fingerprint density at radius 3 is 2.46 bits per heavy atom. The molecule has 0 aromatic rings. The molecule has 1 saturated carbocycles. The highest BCUT2D eigenvalue weighted by Gasteiger charge is 2.64. The van der Waals surface area contributed by atoms with Gasteiger partial charge < -0.3 is 10.0 Å². The number of rotatable bonds is 1. The molecule has 2 saturated heterocycles. The number of amides is 1. The van der Waals surface area contributed by atoms with Crippen molar-refractivity contribution < 1.29 is 14.7 Å². The molecule has 1 aliphatic carbocycles. The quantitative estimate of drug-likeness (QED) is 0.637. The molecule has 2 aliphatic heterocycles. The fraction of sp³-hybridized carbons (Fsp3) is 0.778. The molecule has 3 aliphatic rings. The molecule has 2 heterocycles. The van der Waals surface area contributed by atoms with Gasteiger partial charge in [-0.3, -0.25) is 9.59 Å². The number of carbonyl (C=O) groups excluding carboxylic acids is 1. The summed E-state index contributed by atoms with van der Waals surface area (Å²) in [5, 5.41) is 8.94. The minimum absolute atomic E-state index is 0.00234. The van der Waals surface area contributed by atoms with E-state index in [1.54, 1.807) is 4.90 Å². The Kier molecular flexibility index (Phi) is 1.47. The summed E-state index contributed by atoms with van der Waals surface area (Å²) < 4.78 is 0. The summed E-state index contributed by atoms with van der Waals surface area (Å²) in [7, 11) is 0. The zero-order valence-corrected chi connectivity index (χ0v) is 7.78. The van der Waals surface area contributed by atoms with Gasteiger partial charge in [-0.2, -0.15) is 0 Å². The predicted molar refractivity (Wildman–Crippen MR) is 45.0 cm³/mol. The number of fused-ring (bicyclic) bond motifs is 1. The molecular formula is C9H13NO3. The van der Waals surface area contributed by atoms with Crippen molar-refractivity contribution >= 4 is 11.9 Å². The van der Waals surface area contributed by atoms with Crippen LogP contribution in [0.3, 0.4) is 0 Å². The second-order valence-corrected chi connectivity index (χ2v) is 4.39. The number of aliphatic carboxylic acids is 1. The Bertz CT molecular complexity index is 289. The SMILES string of the molecule is CC(=O)N1C[C@@]2(C)C[C@@H]1[C@H]2C(=O)O. The first-order chi connectivity index (χ1) is 5.96. The number of carboxylic acid groups (broad SMARTS) is 1. The van der Waals surface area contributed by atoms with Crippen LogP contribution in [0.4, 0.5) is 0 Å². The van der Waals surface area contributed by atoms with Gasteiger partial charge in [-0.05, 0) is 6.42 Å². The van der Waals surface area contributed by atoms with Crippen LogP contribution in [0.2, 0.25) is 0 Å². The predicted octanol–water partition coefficient (Wildman–Crippen LogP) is 0.328. The van der Waals surface area contributed by atoms with Crippen LogP contribution in [0.1, 0.15) is 20.3 Å². The van der Waals surface area contributed by atoms with Gasteiger partial charge in [-0.1, -0.05) is 6.92 Å². The first-order valence-corrected chi connectivity index (χ1v) is 4.46. The molecular weight excluding hydrogens is 170 g/mol. The average Bonchev–Trinajstić information content (AvgIpc) is 2.38. The van der Waals surface area contributed by atoms with Crippen LogP contribution in [0.5, 0.6) is 0 Å². The molecule has 0 unspecified atom stereocenters. The first kappa shape index (κ1) is 8.53. The van der Waals surface area contributed by atoms with Crippen molar-refractivity contribution in [2.45, 2.75) is 26.3 Å². The third kappa shape index (κ3) is 0.913. The maximum absolute atomic E-state index is 11.1. The van der Waals surface area contributed by atoms with Gasteiger partial charge in [-0.15, -0.1) is 0 Å².